The van der Waals surface area contributed by atoms with Gasteiger partial charge >= 0.3 is 17.9 Å². The van der Waals surface area contributed by atoms with E-state index in [2.05, 4.69) is 19.9 Å². The number of ether oxygens (including phenoxy) is 2. The highest BCUT2D eigenvalue weighted by Gasteiger charge is 2.31. The van der Waals surface area contributed by atoms with Crippen LogP contribution < -0.4 is 4.57 Å². The van der Waals surface area contributed by atoms with Crippen molar-refractivity contribution < 1.29 is 38.3 Å². The number of pyridine rings is 1. The maximum atomic E-state index is 12.7. The molecular formula is C32H38NO7+. The van der Waals surface area contributed by atoms with Gasteiger partial charge in [-0.25, -0.2) is 14.4 Å². The lowest BCUT2D eigenvalue weighted by Crippen LogP contribution is -2.39. The lowest BCUT2D eigenvalue weighted by atomic mass is 9.91. The molecule has 1 aromatic heterocycles. The summed E-state index contributed by atoms with van der Waals surface area (Å²) >= 11 is 0. The molecule has 1 N–H and O–H groups in total. The Bertz CT molecular complexity index is 1400. The zero-order valence-corrected chi connectivity index (χ0v) is 24.5. The number of aliphatic carboxylic acids is 1. The predicted octanol–water partition coefficient (Wildman–Crippen LogP) is 5.20. The molecule has 0 unspecified atom stereocenters. The van der Waals surface area contributed by atoms with Gasteiger partial charge in [0.15, 0.2) is 12.4 Å². The smallest absolute Gasteiger partial charge is 0.370 e. The Morgan fingerprint density at radius 2 is 1.70 bits per heavy atom. The molecule has 0 amide bonds. The molecule has 1 aromatic rings. The van der Waals surface area contributed by atoms with Crippen LogP contribution in [0.4, 0.5) is 0 Å². The Kier molecular flexibility index (Phi) is 11.3. The minimum atomic E-state index is -1.02. The molecule has 8 nitrogen and oxygen atoms in total. The van der Waals surface area contributed by atoms with Crippen molar-refractivity contribution in [3.05, 3.63) is 87.3 Å². The first-order valence-corrected chi connectivity index (χ1v) is 13.1. The summed E-state index contributed by atoms with van der Waals surface area (Å²) in [6, 6.07) is 0. The molecule has 40 heavy (non-hydrogen) atoms. The van der Waals surface area contributed by atoms with Crippen molar-refractivity contribution in [2.75, 3.05) is 14.2 Å². The first-order chi connectivity index (χ1) is 18.9. The van der Waals surface area contributed by atoms with Crippen LogP contribution in [0.1, 0.15) is 69.4 Å². The van der Waals surface area contributed by atoms with Gasteiger partial charge in [0.25, 0.3) is 0 Å². The lowest BCUT2D eigenvalue weighted by Gasteiger charge is -2.14. The number of methoxy groups -OCH3 is 2. The Hall–Kier alpha value is -4.33. The van der Waals surface area contributed by atoms with Crippen LogP contribution in [-0.2, 0) is 30.4 Å². The van der Waals surface area contributed by atoms with Gasteiger partial charge in [0, 0.05) is 17.6 Å². The van der Waals surface area contributed by atoms with Crippen LogP contribution in [0.15, 0.2) is 70.6 Å². The molecule has 0 radical (unpaired) electrons. The second-order valence-electron chi connectivity index (χ2n) is 9.70. The van der Waals surface area contributed by atoms with Crippen LogP contribution in [0.3, 0.4) is 0 Å². The van der Waals surface area contributed by atoms with Gasteiger partial charge in [-0.2, -0.15) is 4.57 Å². The number of aromatic nitrogens is 1. The fraction of sp³-hybridized carbons (Fsp3) is 0.344. The Morgan fingerprint density at radius 1 is 1.05 bits per heavy atom. The number of rotatable bonds is 8. The second kappa shape index (κ2) is 14.2. The number of carboxylic acid groups (broad SMARTS) is 1. The molecule has 3 rings (SSSR count). The molecule has 1 heterocycles. The number of carboxylic acids is 1. The van der Waals surface area contributed by atoms with Crippen molar-refractivity contribution in [2.45, 2.75) is 54.5 Å². The van der Waals surface area contributed by atoms with Crippen molar-refractivity contribution >= 4 is 35.3 Å². The fourth-order valence-electron chi connectivity index (χ4n) is 4.60. The van der Waals surface area contributed by atoms with Crippen LogP contribution in [0.25, 0.3) is 11.1 Å². The monoisotopic (exact) mass is 548 g/mol. The van der Waals surface area contributed by atoms with E-state index < -0.39 is 17.9 Å². The van der Waals surface area contributed by atoms with E-state index in [9.17, 15) is 24.3 Å². The summed E-state index contributed by atoms with van der Waals surface area (Å²) in [6.07, 6.45) is 14.5. The lowest BCUT2D eigenvalue weighted by molar-refractivity contribution is -0.686. The Morgan fingerprint density at radius 3 is 2.20 bits per heavy atom. The van der Waals surface area contributed by atoms with Crippen molar-refractivity contribution in [3.8, 4) is 0 Å². The van der Waals surface area contributed by atoms with E-state index in [1.807, 2.05) is 39.0 Å². The van der Waals surface area contributed by atoms with Gasteiger partial charge < -0.3 is 19.4 Å². The molecular weight excluding hydrogens is 510 g/mol. The van der Waals surface area contributed by atoms with Gasteiger partial charge in [-0.05, 0) is 60.6 Å². The van der Waals surface area contributed by atoms with Gasteiger partial charge in [0.05, 0.1) is 25.4 Å². The van der Waals surface area contributed by atoms with E-state index in [0.717, 1.165) is 45.3 Å². The third-order valence-electron chi connectivity index (χ3n) is 6.23. The number of fused-ring (bicyclic) bond motifs is 1. The molecule has 8 heteroatoms. The van der Waals surface area contributed by atoms with Crippen molar-refractivity contribution in [1.29, 1.82) is 0 Å². The van der Waals surface area contributed by atoms with E-state index in [4.69, 9.17) is 9.47 Å². The summed E-state index contributed by atoms with van der Waals surface area (Å²) in [4.78, 5) is 45.9. The molecule has 0 fully saturated rings. The highest BCUT2D eigenvalue weighted by Crippen LogP contribution is 2.42. The zero-order valence-electron chi connectivity index (χ0n) is 24.5. The van der Waals surface area contributed by atoms with E-state index >= 15 is 0 Å². The predicted molar refractivity (Wildman–Crippen MR) is 153 cm³/mol. The molecule has 0 saturated heterocycles. The number of hydrogen-bond acceptors (Lipinski definition) is 6. The van der Waals surface area contributed by atoms with Gasteiger partial charge in [0.2, 0.25) is 6.54 Å². The Balaban J connectivity index is 0.00000131. The third-order valence-corrected chi connectivity index (χ3v) is 6.23. The summed E-state index contributed by atoms with van der Waals surface area (Å²) in [5.74, 6) is -1.74. The summed E-state index contributed by atoms with van der Waals surface area (Å²) in [5, 5.41) is 9.27. The average Bonchev–Trinajstić information content (AvgIpc) is 3.38. The first kappa shape index (κ1) is 31.9. The summed E-state index contributed by atoms with van der Waals surface area (Å²) in [7, 11) is 2.66. The van der Waals surface area contributed by atoms with E-state index in [0.29, 0.717) is 17.6 Å². The minimum Gasteiger partial charge on any atom is -0.477 e. The summed E-state index contributed by atoms with van der Waals surface area (Å²) < 4.78 is 11.6. The van der Waals surface area contributed by atoms with Crippen LogP contribution >= 0.6 is 0 Å². The minimum absolute atomic E-state index is 0.256. The third kappa shape index (κ3) is 7.20. The molecule has 0 aliphatic heterocycles. The number of carbonyl (C=O) groups is 4. The van der Waals surface area contributed by atoms with Crippen LogP contribution in [0.5, 0.6) is 0 Å². The normalized spacial score (nSPS) is 16.4. The van der Waals surface area contributed by atoms with Gasteiger partial charge in [-0.15, -0.1) is 0 Å². The molecule has 0 spiro atoms. The Labute approximate surface area is 235 Å². The number of hydrogen-bond donors (Lipinski definition) is 1. The largest absolute Gasteiger partial charge is 0.477 e. The molecule has 0 aromatic carbocycles. The average molecular weight is 549 g/mol. The number of nitrogens with zero attached hydrogens (tertiary/aromatic N) is 1. The zero-order chi connectivity index (χ0) is 30.1. The molecule has 2 aliphatic carbocycles. The molecule has 0 bridgehead atoms. The van der Waals surface area contributed by atoms with Crippen LogP contribution in [0.2, 0.25) is 0 Å². The van der Waals surface area contributed by atoms with E-state index in [1.165, 1.54) is 25.0 Å². The van der Waals surface area contributed by atoms with Crippen molar-refractivity contribution in [2.24, 2.45) is 5.92 Å². The topological polar surface area (TPSA) is 111 Å². The maximum absolute atomic E-state index is 12.7. The molecule has 212 valence electrons. The van der Waals surface area contributed by atoms with Crippen LogP contribution in [0, 0.1) is 5.92 Å². The van der Waals surface area contributed by atoms with E-state index in [-0.39, 0.29) is 18.0 Å². The maximum Gasteiger partial charge on any atom is 0.370 e. The summed E-state index contributed by atoms with van der Waals surface area (Å²) in [6.45, 7) is 11.4. The number of aldehydes is 1. The number of allylic oxidation sites excluding steroid dienone is 10. The SMILES string of the molecule is C/C=C(/C(=O)OC)C1=C(/C=C2\C=C(C)c3c[n+](CC(=O)O)cc(C(=O)OC)c32)C=C(C)/C1=C/C(C)C.CCC=O. The van der Waals surface area contributed by atoms with E-state index in [1.54, 1.807) is 19.2 Å². The van der Waals surface area contributed by atoms with Crippen LogP contribution in [-0.4, -0.2) is 43.5 Å². The molecule has 0 saturated carbocycles. The number of esters is 2. The van der Waals surface area contributed by atoms with Gasteiger partial charge in [0.1, 0.15) is 11.8 Å². The van der Waals surface area contributed by atoms with Gasteiger partial charge in [-0.3, -0.25) is 0 Å². The highest BCUT2D eigenvalue weighted by molar-refractivity contribution is 6.05. The summed E-state index contributed by atoms with van der Waals surface area (Å²) in [5.41, 5.74) is 7.40. The highest BCUT2D eigenvalue weighted by atomic mass is 16.5. The molecule has 0 atom stereocenters. The first-order valence-electron chi connectivity index (χ1n) is 13.1. The number of carbonyl (C=O) groups excluding carboxylic acids is 3. The van der Waals surface area contributed by atoms with Crippen molar-refractivity contribution in [3.63, 3.8) is 0 Å². The van der Waals surface area contributed by atoms with Gasteiger partial charge in [-0.1, -0.05) is 45.1 Å². The quantitative estimate of drug-likeness (QED) is 0.206. The fourth-order valence-corrected chi connectivity index (χ4v) is 4.60. The molecule has 2 aliphatic rings. The standard InChI is InChI=1S/C29H31NO6.C3H6O/c1-8-21(28(33)35-6)26-19(10-17(4)22(26)9-16(2)3)12-20-11-18(5)23-13-30(15-25(31)32)14-24(27(20)23)29(34)36-7;1-2-3-4/h8-14,16H,15H2,1-7H3;3H,2H2,1H3/p+1/b20-12+,21-8+,22-9-;. The second-order valence-corrected chi connectivity index (χ2v) is 9.70. The van der Waals surface area contributed by atoms with Crippen molar-refractivity contribution in [1.82, 2.24) is 0 Å².